The number of carbonyl (C=O) groups excluding carboxylic acids is 1. The molecule has 0 N–H and O–H groups in total. The van der Waals surface area contributed by atoms with E-state index in [-0.39, 0.29) is 17.7 Å². The number of carbonyl (C=O) groups is 1. The van der Waals surface area contributed by atoms with E-state index < -0.39 is 12.0 Å². The van der Waals surface area contributed by atoms with Crippen LogP contribution in [-0.4, -0.2) is 34.2 Å². The van der Waals surface area contributed by atoms with Gasteiger partial charge in [-0.3, -0.25) is 9.36 Å². The third kappa shape index (κ3) is 5.42. The second-order valence-corrected chi connectivity index (χ2v) is 10.8. The maximum atomic E-state index is 13.8. The number of benzene rings is 1. The second-order valence-electron chi connectivity index (χ2n) is 8.43. The van der Waals surface area contributed by atoms with Crippen LogP contribution < -0.4 is 19.6 Å². The van der Waals surface area contributed by atoms with Crippen LogP contribution in [-0.2, 0) is 9.53 Å². The number of hydrogen-bond donors (Lipinski definition) is 0. The normalized spacial score (nSPS) is 15.2. The molecule has 0 fully saturated rings. The molecule has 0 bridgehead atoms. The number of ether oxygens (including phenoxy) is 2. The number of thiazole rings is 1. The summed E-state index contributed by atoms with van der Waals surface area (Å²) in [6, 6.07) is 9.60. The Morgan fingerprint density at radius 2 is 2.08 bits per heavy atom. The summed E-state index contributed by atoms with van der Waals surface area (Å²) in [7, 11) is 1.52. The van der Waals surface area contributed by atoms with Gasteiger partial charge in [-0.2, -0.15) is 0 Å². The third-order valence-corrected chi connectivity index (χ3v) is 7.86. The highest BCUT2D eigenvalue weighted by Crippen LogP contribution is 2.37. The molecule has 1 aliphatic rings. The van der Waals surface area contributed by atoms with Gasteiger partial charge in [0, 0.05) is 28.6 Å². The standard InChI is InChI=1S/C27H23ClN4O5S2/c1-5-36-25(34)22-15(3)31-27-32(23(22)18-12-16(28)6-8-19(18)35-4)24(33)20(38-27)13-17-7-9-21(37-17)39-26-29-11-10-14(2)30-26/h6-13,23H,5H2,1-4H3/b20-13-/t23-/m1/s1. The van der Waals surface area contributed by atoms with Gasteiger partial charge in [-0.15, -0.1) is 0 Å². The first-order chi connectivity index (χ1) is 18.8. The van der Waals surface area contributed by atoms with E-state index in [2.05, 4.69) is 15.0 Å². The lowest BCUT2D eigenvalue weighted by Gasteiger charge is -2.26. The fourth-order valence-corrected chi connectivity index (χ4v) is 6.13. The smallest absolute Gasteiger partial charge is 0.338 e. The van der Waals surface area contributed by atoms with Crippen molar-refractivity contribution in [1.82, 2.24) is 14.5 Å². The van der Waals surface area contributed by atoms with Crippen molar-refractivity contribution in [2.75, 3.05) is 13.7 Å². The molecule has 12 heteroatoms. The van der Waals surface area contributed by atoms with E-state index in [1.54, 1.807) is 56.5 Å². The Labute approximate surface area is 236 Å². The van der Waals surface area contributed by atoms with Crippen molar-refractivity contribution in [3.05, 3.63) is 95.6 Å². The number of allylic oxidation sites excluding steroid dienone is 1. The van der Waals surface area contributed by atoms with Crippen molar-refractivity contribution < 1.29 is 18.7 Å². The number of halogens is 1. The summed E-state index contributed by atoms with van der Waals surface area (Å²) in [5, 5.41) is 1.58. The number of aromatic nitrogens is 3. The Morgan fingerprint density at radius 3 is 2.82 bits per heavy atom. The number of nitrogens with zero attached hydrogens (tertiary/aromatic N) is 4. The monoisotopic (exact) mass is 582 g/mol. The molecule has 3 aromatic heterocycles. The quantitative estimate of drug-likeness (QED) is 0.234. The van der Waals surface area contributed by atoms with E-state index in [9.17, 15) is 9.59 Å². The molecule has 39 heavy (non-hydrogen) atoms. The largest absolute Gasteiger partial charge is 0.496 e. The Bertz CT molecular complexity index is 1790. The molecule has 0 aliphatic carbocycles. The van der Waals surface area contributed by atoms with Gasteiger partial charge < -0.3 is 13.9 Å². The first-order valence-corrected chi connectivity index (χ1v) is 13.9. The molecule has 1 aromatic carbocycles. The Hall–Kier alpha value is -3.67. The summed E-state index contributed by atoms with van der Waals surface area (Å²) < 4.78 is 18.7. The predicted octanol–water partition coefficient (Wildman–Crippen LogP) is 4.30. The molecular formula is C27H23ClN4O5S2. The fourth-order valence-electron chi connectivity index (χ4n) is 4.17. The molecule has 1 atom stereocenters. The summed E-state index contributed by atoms with van der Waals surface area (Å²) in [5.41, 5.74) is 1.75. The lowest BCUT2D eigenvalue weighted by molar-refractivity contribution is -0.139. The molecule has 1 aliphatic heterocycles. The van der Waals surface area contributed by atoms with Gasteiger partial charge in [0.1, 0.15) is 17.6 Å². The Morgan fingerprint density at radius 1 is 1.26 bits per heavy atom. The van der Waals surface area contributed by atoms with Crippen LogP contribution in [0.3, 0.4) is 0 Å². The van der Waals surface area contributed by atoms with Gasteiger partial charge in [-0.25, -0.2) is 19.8 Å². The lowest BCUT2D eigenvalue weighted by Crippen LogP contribution is -2.40. The SMILES string of the molecule is CCOC(=O)C1=C(C)N=c2s/c(=C\c3ccc(Sc4nccc(C)n4)o3)c(=O)n2[C@@H]1c1cc(Cl)ccc1OC. The van der Waals surface area contributed by atoms with Crippen LogP contribution >= 0.6 is 34.7 Å². The van der Waals surface area contributed by atoms with E-state index in [1.807, 2.05) is 13.0 Å². The number of fused-ring (bicyclic) bond motifs is 1. The molecule has 0 radical (unpaired) electrons. The van der Waals surface area contributed by atoms with Crippen LogP contribution in [0.5, 0.6) is 5.75 Å². The fraction of sp³-hybridized carbons (Fsp3) is 0.222. The van der Waals surface area contributed by atoms with Crippen molar-refractivity contribution in [2.24, 2.45) is 4.99 Å². The van der Waals surface area contributed by atoms with E-state index in [4.69, 9.17) is 25.5 Å². The van der Waals surface area contributed by atoms with E-state index in [0.717, 1.165) is 5.69 Å². The summed E-state index contributed by atoms with van der Waals surface area (Å²) in [5.74, 6) is 0.390. The van der Waals surface area contributed by atoms with Crippen LogP contribution in [0, 0.1) is 6.92 Å². The maximum absolute atomic E-state index is 13.8. The molecule has 0 spiro atoms. The van der Waals surface area contributed by atoms with Gasteiger partial charge in [0.15, 0.2) is 15.1 Å². The molecular weight excluding hydrogens is 560 g/mol. The highest BCUT2D eigenvalue weighted by molar-refractivity contribution is 7.99. The van der Waals surface area contributed by atoms with Crippen molar-refractivity contribution in [1.29, 1.82) is 0 Å². The average Bonchev–Trinajstić information content (AvgIpc) is 3.46. The molecule has 200 valence electrons. The minimum atomic E-state index is -0.850. The van der Waals surface area contributed by atoms with Crippen LogP contribution in [0.2, 0.25) is 5.02 Å². The van der Waals surface area contributed by atoms with Crippen LogP contribution in [0.1, 0.15) is 36.9 Å². The van der Waals surface area contributed by atoms with Gasteiger partial charge in [0.05, 0.1) is 29.5 Å². The number of rotatable bonds is 7. The van der Waals surface area contributed by atoms with Crippen LogP contribution in [0.4, 0.5) is 0 Å². The van der Waals surface area contributed by atoms with Gasteiger partial charge >= 0.3 is 5.97 Å². The van der Waals surface area contributed by atoms with Crippen molar-refractivity contribution in [3.8, 4) is 5.75 Å². The Balaban J connectivity index is 1.62. The van der Waals surface area contributed by atoms with Gasteiger partial charge in [0.25, 0.3) is 5.56 Å². The molecule has 0 unspecified atom stereocenters. The average molecular weight is 583 g/mol. The topological polar surface area (TPSA) is 109 Å². The summed E-state index contributed by atoms with van der Waals surface area (Å²) in [4.78, 5) is 40.6. The number of furan rings is 1. The van der Waals surface area contributed by atoms with E-state index >= 15 is 0 Å². The molecule has 4 aromatic rings. The molecule has 9 nitrogen and oxygen atoms in total. The van der Waals surface area contributed by atoms with Gasteiger partial charge in [0.2, 0.25) is 0 Å². The third-order valence-electron chi connectivity index (χ3n) is 5.84. The lowest BCUT2D eigenvalue weighted by atomic mass is 9.95. The highest BCUT2D eigenvalue weighted by Gasteiger charge is 2.35. The predicted molar refractivity (Wildman–Crippen MR) is 148 cm³/mol. The van der Waals surface area contributed by atoms with Gasteiger partial charge in [-0.1, -0.05) is 22.9 Å². The van der Waals surface area contributed by atoms with E-state index in [1.165, 1.54) is 34.8 Å². The summed E-state index contributed by atoms with van der Waals surface area (Å²) >= 11 is 8.82. The first-order valence-electron chi connectivity index (χ1n) is 11.9. The minimum absolute atomic E-state index is 0.172. The number of esters is 1. The number of hydrogen-bond acceptors (Lipinski definition) is 10. The minimum Gasteiger partial charge on any atom is -0.496 e. The summed E-state index contributed by atoms with van der Waals surface area (Å²) in [6.45, 7) is 5.50. The van der Waals surface area contributed by atoms with Crippen molar-refractivity contribution in [3.63, 3.8) is 0 Å². The molecule has 0 saturated heterocycles. The zero-order valence-electron chi connectivity index (χ0n) is 21.4. The molecule has 0 amide bonds. The van der Waals surface area contributed by atoms with Crippen molar-refractivity contribution in [2.45, 2.75) is 37.1 Å². The highest BCUT2D eigenvalue weighted by atomic mass is 35.5. The molecule has 4 heterocycles. The molecule has 0 saturated carbocycles. The maximum Gasteiger partial charge on any atom is 0.338 e. The zero-order valence-corrected chi connectivity index (χ0v) is 23.8. The zero-order chi connectivity index (χ0) is 27.7. The first kappa shape index (κ1) is 26.9. The second kappa shape index (κ2) is 11.2. The summed E-state index contributed by atoms with van der Waals surface area (Å²) in [6.07, 6.45) is 3.34. The van der Waals surface area contributed by atoms with Gasteiger partial charge in [-0.05, 0) is 68.9 Å². The number of aryl methyl sites for hydroxylation is 1. The van der Waals surface area contributed by atoms with Crippen molar-refractivity contribution >= 4 is 46.7 Å². The molecule has 5 rings (SSSR count). The van der Waals surface area contributed by atoms with Crippen LogP contribution in [0.15, 0.2) is 78.3 Å². The van der Waals surface area contributed by atoms with E-state index in [0.29, 0.717) is 47.4 Å². The Kier molecular flexibility index (Phi) is 7.74. The van der Waals surface area contributed by atoms with Crippen LogP contribution in [0.25, 0.3) is 6.08 Å². The number of methoxy groups -OCH3 is 1.